The second-order valence-electron chi connectivity index (χ2n) is 14.2. The molecule has 12 nitrogen and oxygen atoms in total. The van der Waals surface area contributed by atoms with Gasteiger partial charge in [-0.2, -0.15) is 0 Å². The van der Waals surface area contributed by atoms with Gasteiger partial charge in [0.05, 0.1) is 29.6 Å². The van der Waals surface area contributed by atoms with Gasteiger partial charge in [-0.1, -0.05) is 50.2 Å². The highest BCUT2D eigenvalue weighted by molar-refractivity contribution is 5.94. The zero-order valence-electron chi connectivity index (χ0n) is 28.1. The molecule has 1 aliphatic heterocycles. The predicted molar refractivity (Wildman–Crippen MR) is 171 cm³/mol. The van der Waals surface area contributed by atoms with Crippen LogP contribution >= 0.6 is 0 Å². The molecule has 262 valence electrons. The van der Waals surface area contributed by atoms with Crippen LogP contribution in [0.5, 0.6) is 5.75 Å². The average Bonchev–Trinajstić information content (AvgIpc) is 3.06. The van der Waals surface area contributed by atoms with E-state index < -0.39 is 88.8 Å². The summed E-state index contributed by atoms with van der Waals surface area (Å²) in [7, 11) is 0. The highest BCUT2D eigenvalue weighted by Crippen LogP contribution is 2.64. The normalized spacial score (nSPS) is 36.1. The molecule has 2 saturated carbocycles. The molecule has 3 N–H and O–H groups in total. The van der Waals surface area contributed by atoms with Crippen molar-refractivity contribution in [1.82, 2.24) is 0 Å². The van der Waals surface area contributed by atoms with Crippen LogP contribution in [0.15, 0.2) is 71.8 Å². The van der Waals surface area contributed by atoms with E-state index in [2.05, 4.69) is 0 Å². The second kappa shape index (κ2) is 12.3. The number of fused-ring (bicyclic) bond motifs is 5. The quantitative estimate of drug-likeness (QED) is 0.222. The Morgan fingerprint density at radius 3 is 2.18 bits per heavy atom. The largest absolute Gasteiger partial charge is 0.482 e. The molecule has 2 bridgehead atoms. The molecule has 4 aliphatic rings. The van der Waals surface area contributed by atoms with Gasteiger partial charge in [-0.25, -0.2) is 9.59 Å². The highest BCUT2D eigenvalue weighted by Gasteiger charge is 2.78. The molecule has 0 aromatic heterocycles. The van der Waals surface area contributed by atoms with E-state index in [9.17, 15) is 34.5 Å². The van der Waals surface area contributed by atoms with Crippen molar-refractivity contribution in [3.05, 3.63) is 77.4 Å². The van der Waals surface area contributed by atoms with Crippen LogP contribution in [-0.2, 0) is 33.3 Å². The van der Waals surface area contributed by atoms with Gasteiger partial charge in [0.25, 0.3) is 0 Å². The van der Waals surface area contributed by atoms with Crippen molar-refractivity contribution in [2.24, 2.45) is 16.7 Å². The Kier molecular flexibility index (Phi) is 8.76. The van der Waals surface area contributed by atoms with Crippen molar-refractivity contribution in [2.45, 2.75) is 89.2 Å². The number of hydrogen-bond acceptors (Lipinski definition) is 12. The second-order valence-corrected chi connectivity index (χ2v) is 14.2. The first-order valence-electron chi connectivity index (χ1n) is 16.4. The fourth-order valence-corrected chi connectivity index (χ4v) is 8.66. The van der Waals surface area contributed by atoms with Gasteiger partial charge in [0.15, 0.2) is 18.0 Å². The average molecular weight is 679 g/mol. The summed E-state index contributed by atoms with van der Waals surface area (Å²) < 4.78 is 29.8. The molecular weight excluding hydrogens is 636 g/mol. The number of para-hydroxylation sites is 1. The van der Waals surface area contributed by atoms with Crippen molar-refractivity contribution >= 4 is 23.7 Å². The summed E-state index contributed by atoms with van der Waals surface area (Å²) in [6, 6.07) is 16.6. The Morgan fingerprint density at radius 1 is 0.959 bits per heavy atom. The third-order valence-electron chi connectivity index (χ3n) is 11.3. The molecule has 12 heteroatoms. The van der Waals surface area contributed by atoms with Crippen LogP contribution < -0.4 is 4.74 Å². The molecule has 1 saturated heterocycles. The minimum Gasteiger partial charge on any atom is -0.482 e. The lowest BCUT2D eigenvalue weighted by atomic mass is 9.44. The number of ketones is 1. The lowest BCUT2D eigenvalue weighted by molar-refractivity contribution is -0.346. The molecule has 1 heterocycles. The SMILES string of the molecule is CC(=O)O[C@@]12CO[C@@H]1C[C@H](OC(=O)COc1ccccc1)[C@@]1(C)C(=O)C(O)C3=C(C)C(O)C[C@@](O)([C@@H](OC(=O)c4ccccc4)[C@H]21)C3(C)C. The van der Waals surface area contributed by atoms with E-state index in [4.69, 9.17) is 23.7 Å². The summed E-state index contributed by atoms with van der Waals surface area (Å²) in [6.45, 7) is 6.68. The maximum Gasteiger partial charge on any atom is 0.344 e. The van der Waals surface area contributed by atoms with Crippen LogP contribution in [0, 0.1) is 16.7 Å². The molecule has 0 spiro atoms. The number of ether oxygens (including phenoxy) is 5. The van der Waals surface area contributed by atoms with E-state index >= 15 is 0 Å². The van der Waals surface area contributed by atoms with Crippen LogP contribution in [0.25, 0.3) is 0 Å². The standard InChI is InChI=1S/C37H42O12/c1-20-24(39)17-37(44)32(48-33(43)22-12-8-6-9-13-22)30-35(5,31(42)29(41)28(20)34(37,3)4)25(16-26-36(30,19-46-26)49-21(2)38)47-27(40)18-45-23-14-10-7-11-15-23/h6-15,24-26,29-30,32,39,41,44H,16-19H2,1-5H3/t24?,25-,26+,29?,30-,32-,35+,36-,37+/m0/s1. The van der Waals surface area contributed by atoms with Gasteiger partial charge in [0, 0.05) is 25.2 Å². The zero-order chi connectivity index (χ0) is 35.5. The monoisotopic (exact) mass is 678 g/mol. The molecule has 2 unspecified atom stereocenters. The lowest BCUT2D eigenvalue weighted by Crippen LogP contribution is -2.82. The maximum absolute atomic E-state index is 15.0. The first-order chi connectivity index (χ1) is 23.1. The van der Waals surface area contributed by atoms with E-state index in [0.717, 1.165) is 0 Å². The summed E-state index contributed by atoms with van der Waals surface area (Å²) in [6.07, 6.45) is -7.64. The van der Waals surface area contributed by atoms with Crippen LogP contribution in [-0.4, -0.2) is 93.9 Å². The summed E-state index contributed by atoms with van der Waals surface area (Å²) >= 11 is 0. The van der Waals surface area contributed by atoms with E-state index in [1.54, 1.807) is 69.3 Å². The fourth-order valence-electron chi connectivity index (χ4n) is 8.66. The zero-order valence-corrected chi connectivity index (χ0v) is 28.1. The van der Waals surface area contributed by atoms with E-state index in [0.29, 0.717) is 5.75 Å². The molecule has 9 atom stereocenters. The number of benzene rings is 2. The molecule has 0 amide bonds. The van der Waals surface area contributed by atoms with Gasteiger partial charge in [-0.3, -0.25) is 9.59 Å². The number of aliphatic hydroxyl groups excluding tert-OH is 2. The van der Waals surface area contributed by atoms with Gasteiger partial charge >= 0.3 is 17.9 Å². The Morgan fingerprint density at radius 2 is 1.59 bits per heavy atom. The molecule has 3 fully saturated rings. The minimum absolute atomic E-state index is 0.0604. The van der Waals surface area contributed by atoms with Crippen LogP contribution in [0.3, 0.4) is 0 Å². The summed E-state index contributed by atoms with van der Waals surface area (Å²) in [5.41, 5.74) is -6.75. The number of Topliss-reactive ketones (excluding diaryl/α,β-unsaturated/α-hetero) is 1. The minimum atomic E-state index is -2.16. The van der Waals surface area contributed by atoms with Crippen molar-refractivity contribution in [2.75, 3.05) is 13.2 Å². The van der Waals surface area contributed by atoms with Crippen LogP contribution in [0.4, 0.5) is 0 Å². The van der Waals surface area contributed by atoms with E-state index in [-0.39, 0.29) is 36.2 Å². The Balaban J connectivity index is 1.54. The third kappa shape index (κ3) is 5.36. The Labute approximate surface area is 283 Å². The topological polar surface area (TPSA) is 175 Å². The lowest BCUT2D eigenvalue weighted by Gasteiger charge is -2.67. The van der Waals surface area contributed by atoms with Crippen molar-refractivity contribution in [1.29, 1.82) is 0 Å². The Hall–Kier alpha value is -4.10. The van der Waals surface area contributed by atoms with Crippen molar-refractivity contribution in [3.63, 3.8) is 0 Å². The maximum atomic E-state index is 15.0. The predicted octanol–water partition coefficient (Wildman–Crippen LogP) is 2.71. The third-order valence-corrected chi connectivity index (χ3v) is 11.3. The molecule has 3 aliphatic carbocycles. The highest BCUT2D eigenvalue weighted by atomic mass is 16.6. The molecule has 6 rings (SSSR count). The molecular formula is C37H42O12. The van der Waals surface area contributed by atoms with Gasteiger partial charge in [0.1, 0.15) is 35.8 Å². The number of aliphatic hydroxyl groups is 3. The molecule has 2 aromatic rings. The van der Waals surface area contributed by atoms with Gasteiger partial charge in [-0.15, -0.1) is 0 Å². The van der Waals surface area contributed by atoms with Crippen molar-refractivity contribution < 1.29 is 58.2 Å². The van der Waals surface area contributed by atoms with E-state index in [1.165, 1.54) is 26.0 Å². The van der Waals surface area contributed by atoms with E-state index in [1.807, 2.05) is 0 Å². The Bertz CT molecular complexity index is 1670. The first-order valence-corrected chi connectivity index (χ1v) is 16.4. The molecule has 49 heavy (non-hydrogen) atoms. The van der Waals surface area contributed by atoms with Crippen LogP contribution in [0.2, 0.25) is 0 Å². The smallest absolute Gasteiger partial charge is 0.344 e. The summed E-state index contributed by atoms with van der Waals surface area (Å²) in [5.74, 6) is -4.26. The summed E-state index contributed by atoms with van der Waals surface area (Å²) in [4.78, 5) is 55.1. The van der Waals surface area contributed by atoms with Gasteiger partial charge in [0.2, 0.25) is 0 Å². The van der Waals surface area contributed by atoms with Crippen LogP contribution in [0.1, 0.15) is 57.8 Å². The summed E-state index contributed by atoms with van der Waals surface area (Å²) in [5, 5.41) is 36.3. The number of hydrogen-bond donors (Lipinski definition) is 3. The number of carbonyl (C=O) groups excluding carboxylic acids is 4. The molecule has 0 radical (unpaired) electrons. The van der Waals surface area contributed by atoms with Gasteiger partial charge in [-0.05, 0) is 49.3 Å². The number of esters is 3. The molecule has 2 aromatic carbocycles. The first kappa shape index (κ1) is 34.8. The fraction of sp³-hybridized carbons (Fsp3) is 0.514. The number of carbonyl (C=O) groups is 4. The number of rotatable bonds is 7. The van der Waals surface area contributed by atoms with Gasteiger partial charge < -0.3 is 39.0 Å². The van der Waals surface area contributed by atoms with Crippen molar-refractivity contribution in [3.8, 4) is 5.75 Å².